The lowest BCUT2D eigenvalue weighted by Gasteiger charge is -2.28. The zero-order valence-corrected chi connectivity index (χ0v) is 11.8. The van der Waals surface area contributed by atoms with Gasteiger partial charge in [0.1, 0.15) is 5.54 Å². The van der Waals surface area contributed by atoms with Gasteiger partial charge >= 0.3 is 5.97 Å². The average Bonchev–Trinajstić information content (AvgIpc) is 2.30. The molecule has 0 fully saturated rings. The molecule has 0 aromatic heterocycles. The number of rotatable bonds is 10. The van der Waals surface area contributed by atoms with Crippen molar-refractivity contribution in [2.45, 2.75) is 52.0 Å². The molecular formula is C13H28N2O2. The van der Waals surface area contributed by atoms with Crippen molar-refractivity contribution in [3.05, 3.63) is 0 Å². The van der Waals surface area contributed by atoms with E-state index in [2.05, 4.69) is 24.2 Å². The van der Waals surface area contributed by atoms with Gasteiger partial charge in [-0.15, -0.1) is 0 Å². The number of hydrogen-bond donors (Lipinski definition) is 2. The highest BCUT2D eigenvalue weighted by Crippen LogP contribution is 2.11. The van der Waals surface area contributed by atoms with Crippen molar-refractivity contribution in [2.24, 2.45) is 0 Å². The monoisotopic (exact) mass is 244 g/mol. The molecule has 0 radical (unpaired) electrons. The van der Waals surface area contributed by atoms with E-state index < -0.39 is 11.5 Å². The molecule has 0 aliphatic rings. The molecule has 0 saturated heterocycles. The second-order valence-corrected chi connectivity index (χ2v) is 4.97. The molecule has 0 aliphatic heterocycles. The van der Waals surface area contributed by atoms with Gasteiger partial charge < -0.3 is 15.3 Å². The second kappa shape index (κ2) is 8.48. The summed E-state index contributed by atoms with van der Waals surface area (Å²) in [5.74, 6) is -0.755. The minimum absolute atomic E-state index is 0.641. The molecule has 0 aliphatic carbocycles. The van der Waals surface area contributed by atoms with Crippen LogP contribution in [0.15, 0.2) is 0 Å². The quantitative estimate of drug-likeness (QED) is 0.617. The molecule has 0 heterocycles. The Morgan fingerprint density at radius 2 is 1.94 bits per heavy atom. The van der Waals surface area contributed by atoms with Gasteiger partial charge in [0.2, 0.25) is 0 Å². The molecule has 1 atom stereocenters. The van der Waals surface area contributed by atoms with Crippen molar-refractivity contribution in [3.63, 3.8) is 0 Å². The molecule has 0 bridgehead atoms. The maximum atomic E-state index is 11.3. The molecule has 0 spiro atoms. The Morgan fingerprint density at radius 1 is 1.29 bits per heavy atom. The topological polar surface area (TPSA) is 52.6 Å². The van der Waals surface area contributed by atoms with E-state index in [9.17, 15) is 9.90 Å². The first-order valence-corrected chi connectivity index (χ1v) is 6.63. The molecule has 0 amide bonds. The number of nitrogens with one attached hydrogen (secondary N) is 1. The Kier molecular flexibility index (Phi) is 8.17. The minimum atomic E-state index is -0.795. The van der Waals surface area contributed by atoms with Crippen LogP contribution in [0.1, 0.15) is 46.5 Å². The Labute approximate surface area is 105 Å². The van der Waals surface area contributed by atoms with Crippen molar-refractivity contribution in [1.82, 2.24) is 10.2 Å². The van der Waals surface area contributed by atoms with Crippen LogP contribution < -0.4 is 5.32 Å². The highest BCUT2D eigenvalue weighted by atomic mass is 16.4. The van der Waals surface area contributed by atoms with Gasteiger partial charge in [0.15, 0.2) is 0 Å². The molecule has 0 aromatic carbocycles. The summed E-state index contributed by atoms with van der Waals surface area (Å²) in [7, 11) is 2.05. The van der Waals surface area contributed by atoms with E-state index in [1.165, 1.54) is 12.8 Å². The first kappa shape index (κ1) is 16.4. The summed E-state index contributed by atoms with van der Waals surface area (Å²) < 4.78 is 0. The van der Waals surface area contributed by atoms with E-state index in [0.717, 1.165) is 26.1 Å². The third-order valence-corrected chi connectivity index (χ3v) is 3.12. The van der Waals surface area contributed by atoms with Gasteiger partial charge in [-0.3, -0.25) is 4.79 Å². The van der Waals surface area contributed by atoms with Gasteiger partial charge in [-0.25, -0.2) is 0 Å². The SMILES string of the molecule is CCCCN(C)CCC(C)(NCCC)C(=O)O. The Hall–Kier alpha value is -0.610. The number of aliphatic carboxylic acids is 1. The third kappa shape index (κ3) is 6.64. The first-order chi connectivity index (χ1) is 7.96. The third-order valence-electron chi connectivity index (χ3n) is 3.12. The van der Waals surface area contributed by atoms with Crippen molar-refractivity contribution in [2.75, 3.05) is 26.7 Å². The summed E-state index contributed by atoms with van der Waals surface area (Å²) in [5, 5.41) is 12.4. The molecule has 1 unspecified atom stereocenters. The largest absolute Gasteiger partial charge is 0.480 e. The van der Waals surface area contributed by atoms with Crippen LogP contribution in [0.4, 0.5) is 0 Å². The summed E-state index contributed by atoms with van der Waals surface area (Å²) in [6.07, 6.45) is 3.94. The van der Waals surface area contributed by atoms with Crippen LogP contribution in [-0.4, -0.2) is 48.2 Å². The molecular weight excluding hydrogens is 216 g/mol. The van der Waals surface area contributed by atoms with Gasteiger partial charge in [-0.1, -0.05) is 20.3 Å². The Morgan fingerprint density at radius 3 is 2.41 bits per heavy atom. The lowest BCUT2D eigenvalue weighted by Crippen LogP contribution is -2.51. The smallest absolute Gasteiger partial charge is 0.323 e. The van der Waals surface area contributed by atoms with E-state index >= 15 is 0 Å². The normalized spacial score (nSPS) is 14.9. The summed E-state index contributed by atoms with van der Waals surface area (Å²) in [6.45, 7) is 8.60. The van der Waals surface area contributed by atoms with E-state index in [-0.39, 0.29) is 0 Å². The van der Waals surface area contributed by atoms with Crippen LogP contribution in [0.25, 0.3) is 0 Å². The summed E-state index contributed by atoms with van der Waals surface area (Å²) >= 11 is 0. The van der Waals surface area contributed by atoms with Crippen LogP contribution >= 0.6 is 0 Å². The van der Waals surface area contributed by atoms with Gasteiger partial charge in [0.05, 0.1) is 0 Å². The van der Waals surface area contributed by atoms with Crippen molar-refractivity contribution in [1.29, 1.82) is 0 Å². The fourth-order valence-electron chi connectivity index (χ4n) is 1.63. The number of nitrogens with zero attached hydrogens (tertiary/aromatic N) is 1. The molecule has 2 N–H and O–H groups in total. The number of carboxylic acids is 1. The fourth-order valence-corrected chi connectivity index (χ4v) is 1.63. The van der Waals surface area contributed by atoms with E-state index in [1.807, 2.05) is 6.92 Å². The second-order valence-electron chi connectivity index (χ2n) is 4.97. The van der Waals surface area contributed by atoms with E-state index in [4.69, 9.17) is 0 Å². The van der Waals surface area contributed by atoms with Crippen molar-refractivity contribution in [3.8, 4) is 0 Å². The number of unbranched alkanes of at least 4 members (excludes halogenated alkanes) is 1. The van der Waals surface area contributed by atoms with Gasteiger partial charge in [-0.2, -0.15) is 0 Å². The molecule has 4 nitrogen and oxygen atoms in total. The van der Waals surface area contributed by atoms with Crippen LogP contribution in [0.2, 0.25) is 0 Å². The predicted octanol–water partition coefficient (Wildman–Crippen LogP) is 1.95. The van der Waals surface area contributed by atoms with Gasteiger partial charge in [0.25, 0.3) is 0 Å². The summed E-state index contributed by atoms with van der Waals surface area (Å²) in [4.78, 5) is 13.5. The molecule has 0 saturated carbocycles. The van der Waals surface area contributed by atoms with Crippen LogP contribution in [0, 0.1) is 0 Å². The average molecular weight is 244 g/mol. The van der Waals surface area contributed by atoms with Crippen LogP contribution in [0.5, 0.6) is 0 Å². The molecule has 17 heavy (non-hydrogen) atoms. The number of carbonyl (C=O) groups is 1. The number of carboxylic acid groups (broad SMARTS) is 1. The maximum absolute atomic E-state index is 11.3. The fraction of sp³-hybridized carbons (Fsp3) is 0.923. The summed E-state index contributed by atoms with van der Waals surface area (Å²) in [5.41, 5.74) is -0.795. The van der Waals surface area contributed by atoms with Gasteiger partial charge in [-0.05, 0) is 46.3 Å². The minimum Gasteiger partial charge on any atom is -0.480 e. The molecule has 102 valence electrons. The zero-order valence-electron chi connectivity index (χ0n) is 11.8. The van der Waals surface area contributed by atoms with Crippen molar-refractivity contribution >= 4 is 5.97 Å². The zero-order chi connectivity index (χ0) is 13.3. The summed E-state index contributed by atoms with van der Waals surface area (Å²) in [6, 6.07) is 0. The van der Waals surface area contributed by atoms with Crippen LogP contribution in [0.3, 0.4) is 0 Å². The predicted molar refractivity (Wildman–Crippen MR) is 71.4 cm³/mol. The maximum Gasteiger partial charge on any atom is 0.323 e. The first-order valence-electron chi connectivity index (χ1n) is 6.63. The lowest BCUT2D eigenvalue weighted by molar-refractivity contribution is -0.144. The molecule has 0 aromatic rings. The van der Waals surface area contributed by atoms with Crippen molar-refractivity contribution < 1.29 is 9.90 Å². The lowest BCUT2D eigenvalue weighted by atomic mass is 9.97. The molecule has 0 rings (SSSR count). The van der Waals surface area contributed by atoms with E-state index in [1.54, 1.807) is 6.92 Å². The highest BCUT2D eigenvalue weighted by molar-refractivity contribution is 5.78. The van der Waals surface area contributed by atoms with E-state index in [0.29, 0.717) is 6.42 Å². The Bertz CT molecular complexity index is 221. The number of hydrogen-bond acceptors (Lipinski definition) is 3. The van der Waals surface area contributed by atoms with Crippen LogP contribution in [-0.2, 0) is 4.79 Å². The Balaban J connectivity index is 4.12. The standard InChI is InChI=1S/C13H28N2O2/c1-5-7-10-15(4)11-8-13(3,12(16)17)14-9-6-2/h14H,5-11H2,1-4H3,(H,16,17). The highest BCUT2D eigenvalue weighted by Gasteiger charge is 2.31. The van der Waals surface area contributed by atoms with Gasteiger partial charge in [0, 0.05) is 6.54 Å². The molecule has 4 heteroatoms.